The van der Waals surface area contributed by atoms with Crippen molar-refractivity contribution in [3.63, 3.8) is 0 Å². The van der Waals surface area contributed by atoms with Crippen molar-refractivity contribution in [1.82, 2.24) is 0 Å². The third-order valence-corrected chi connectivity index (χ3v) is 1.46. The van der Waals surface area contributed by atoms with Gasteiger partial charge in [-0.25, -0.2) is 0 Å². The molecule has 0 N–H and O–H groups in total. The van der Waals surface area contributed by atoms with E-state index in [1.165, 1.54) is 0 Å². The predicted molar refractivity (Wildman–Crippen MR) is 49.6 cm³/mol. The molecule has 0 unspecified atom stereocenters. The molecule has 0 aliphatic heterocycles. The summed E-state index contributed by atoms with van der Waals surface area (Å²) >= 11 is 0. The Hall–Kier alpha value is -1.84. The van der Waals surface area contributed by atoms with Crippen molar-refractivity contribution in [2.75, 3.05) is 13.2 Å². The Morgan fingerprint density at radius 2 is 1.21 bits per heavy atom. The molecule has 0 aliphatic carbocycles. The Morgan fingerprint density at radius 3 is 1.50 bits per heavy atom. The SMILES string of the molecule is O=CCOc1ccc(OCC=O)cc1. The van der Waals surface area contributed by atoms with Crippen LogP contribution in [-0.4, -0.2) is 25.8 Å². The smallest absolute Gasteiger partial charge is 0.157 e. The van der Waals surface area contributed by atoms with Crippen LogP contribution in [0.2, 0.25) is 0 Å². The largest absolute Gasteiger partial charge is 0.486 e. The van der Waals surface area contributed by atoms with Gasteiger partial charge < -0.3 is 9.47 Å². The molecule has 74 valence electrons. The van der Waals surface area contributed by atoms with Crippen LogP contribution in [0.4, 0.5) is 0 Å². The van der Waals surface area contributed by atoms with E-state index in [1.807, 2.05) is 0 Å². The van der Waals surface area contributed by atoms with E-state index in [0.717, 1.165) is 0 Å². The number of hydrogen-bond donors (Lipinski definition) is 0. The summed E-state index contributed by atoms with van der Waals surface area (Å²) < 4.78 is 10.0. The molecule has 0 atom stereocenters. The maximum absolute atomic E-state index is 10.00. The summed E-state index contributed by atoms with van der Waals surface area (Å²) in [6.45, 7) is 0.0725. The minimum atomic E-state index is 0.0363. The fourth-order valence-corrected chi connectivity index (χ4v) is 0.893. The zero-order valence-electron chi connectivity index (χ0n) is 7.51. The van der Waals surface area contributed by atoms with Gasteiger partial charge in [0.2, 0.25) is 0 Å². The first-order valence-electron chi connectivity index (χ1n) is 4.09. The number of benzene rings is 1. The number of carbonyl (C=O) groups excluding carboxylic acids is 2. The minimum absolute atomic E-state index is 0.0363. The quantitative estimate of drug-likeness (QED) is 0.630. The zero-order chi connectivity index (χ0) is 10.2. The molecule has 0 bridgehead atoms. The molecule has 1 aromatic carbocycles. The average molecular weight is 194 g/mol. The second kappa shape index (κ2) is 5.75. The molecule has 0 amide bonds. The molecule has 0 radical (unpaired) electrons. The standard InChI is InChI=1S/C10H10O4/c11-5-7-13-9-1-2-10(4-3-9)14-8-6-12/h1-6H,7-8H2. The fraction of sp³-hybridized carbons (Fsp3) is 0.200. The van der Waals surface area contributed by atoms with Gasteiger partial charge in [0.05, 0.1) is 0 Å². The Morgan fingerprint density at radius 1 is 0.857 bits per heavy atom. The highest BCUT2D eigenvalue weighted by Gasteiger charge is 1.95. The predicted octanol–water partition coefficient (Wildman–Crippen LogP) is 0.842. The van der Waals surface area contributed by atoms with Gasteiger partial charge in [-0.15, -0.1) is 0 Å². The molecule has 0 saturated carbocycles. The first-order valence-corrected chi connectivity index (χ1v) is 4.09. The van der Waals surface area contributed by atoms with E-state index < -0.39 is 0 Å². The number of carbonyl (C=O) groups is 2. The maximum Gasteiger partial charge on any atom is 0.157 e. The Balaban J connectivity index is 2.49. The van der Waals surface area contributed by atoms with Crippen LogP contribution in [0.1, 0.15) is 0 Å². The maximum atomic E-state index is 10.00. The van der Waals surface area contributed by atoms with Crippen LogP contribution in [0.3, 0.4) is 0 Å². The number of ether oxygens (including phenoxy) is 2. The van der Waals surface area contributed by atoms with Gasteiger partial charge in [-0.1, -0.05) is 0 Å². The van der Waals surface area contributed by atoms with E-state index in [-0.39, 0.29) is 13.2 Å². The molecule has 4 heteroatoms. The monoisotopic (exact) mass is 194 g/mol. The van der Waals surface area contributed by atoms with Gasteiger partial charge in [0.15, 0.2) is 12.6 Å². The van der Waals surface area contributed by atoms with Crippen LogP contribution in [0.15, 0.2) is 24.3 Å². The lowest BCUT2D eigenvalue weighted by molar-refractivity contribution is -0.110. The molecule has 1 aromatic rings. The van der Waals surface area contributed by atoms with Crippen molar-refractivity contribution in [3.05, 3.63) is 24.3 Å². The van der Waals surface area contributed by atoms with Crippen molar-refractivity contribution in [3.8, 4) is 11.5 Å². The molecule has 1 rings (SSSR count). The van der Waals surface area contributed by atoms with Gasteiger partial charge in [0.25, 0.3) is 0 Å². The molecule has 4 nitrogen and oxygen atoms in total. The second-order valence-corrected chi connectivity index (χ2v) is 2.43. The fourth-order valence-electron chi connectivity index (χ4n) is 0.893. The van der Waals surface area contributed by atoms with Crippen molar-refractivity contribution in [2.24, 2.45) is 0 Å². The van der Waals surface area contributed by atoms with Crippen LogP contribution in [-0.2, 0) is 9.59 Å². The van der Waals surface area contributed by atoms with Crippen LogP contribution in [0, 0.1) is 0 Å². The lowest BCUT2D eigenvalue weighted by Gasteiger charge is -2.04. The molecule has 0 aromatic heterocycles. The summed E-state index contributed by atoms with van der Waals surface area (Å²) in [6.07, 6.45) is 1.35. The van der Waals surface area contributed by atoms with Gasteiger partial charge in [-0.05, 0) is 24.3 Å². The van der Waals surface area contributed by atoms with Crippen molar-refractivity contribution < 1.29 is 19.1 Å². The third-order valence-electron chi connectivity index (χ3n) is 1.46. The number of hydrogen-bond acceptors (Lipinski definition) is 4. The van der Waals surface area contributed by atoms with E-state index >= 15 is 0 Å². The second-order valence-electron chi connectivity index (χ2n) is 2.43. The third kappa shape index (κ3) is 3.26. The van der Waals surface area contributed by atoms with E-state index in [9.17, 15) is 9.59 Å². The van der Waals surface area contributed by atoms with E-state index in [2.05, 4.69) is 0 Å². The van der Waals surface area contributed by atoms with Gasteiger partial charge in [0, 0.05) is 0 Å². The molecular formula is C10H10O4. The molecular weight excluding hydrogens is 184 g/mol. The Bertz CT molecular complexity index is 260. The topological polar surface area (TPSA) is 52.6 Å². The van der Waals surface area contributed by atoms with Gasteiger partial charge in [-0.3, -0.25) is 9.59 Å². The minimum Gasteiger partial charge on any atom is -0.486 e. The van der Waals surface area contributed by atoms with Gasteiger partial charge in [0.1, 0.15) is 24.7 Å². The summed E-state index contributed by atoms with van der Waals surface area (Å²) in [5, 5.41) is 0. The zero-order valence-corrected chi connectivity index (χ0v) is 7.51. The summed E-state index contributed by atoms with van der Waals surface area (Å²) in [5.41, 5.74) is 0. The molecule has 0 heterocycles. The van der Waals surface area contributed by atoms with Crippen molar-refractivity contribution in [1.29, 1.82) is 0 Å². The van der Waals surface area contributed by atoms with Crippen LogP contribution < -0.4 is 9.47 Å². The summed E-state index contributed by atoms with van der Waals surface area (Å²) in [5.74, 6) is 1.19. The van der Waals surface area contributed by atoms with Gasteiger partial charge in [-0.2, -0.15) is 0 Å². The highest BCUT2D eigenvalue weighted by molar-refractivity contribution is 5.52. The normalized spacial score (nSPS) is 9.14. The molecule has 0 saturated heterocycles. The molecule has 14 heavy (non-hydrogen) atoms. The Labute approximate surface area is 81.4 Å². The highest BCUT2D eigenvalue weighted by Crippen LogP contribution is 2.16. The van der Waals surface area contributed by atoms with Crippen LogP contribution in [0.5, 0.6) is 11.5 Å². The molecule has 0 spiro atoms. The van der Waals surface area contributed by atoms with Crippen LogP contribution in [0.25, 0.3) is 0 Å². The summed E-state index contributed by atoms with van der Waals surface area (Å²) in [6, 6.07) is 6.68. The molecule has 0 fully saturated rings. The summed E-state index contributed by atoms with van der Waals surface area (Å²) in [7, 11) is 0. The van der Waals surface area contributed by atoms with Crippen molar-refractivity contribution in [2.45, 2.75) is 0 Å². The number of rotatable bonds is 6. The Kier molecular flexibility index (Phi) is 4.20. The van der Waals surface area contributed by atoms with Crippen LogP contribution >= 0.6 is 0 Å². The number of aldehydes is 2. The first-order chi connectivity index (χ1) is 6.86. The summed E-state index contributed by atoms with van der Waals surface area (Å²) in [4.78, 5) is 20.0. The molecule has 0 aliphatic rings. The first kappa shape index (κ1) is 10.2. The van der Waals surface area contributed by atoms with Gasteiger partial charge >= 0.3 is 0 Å². The van der Waals surface area contributed by atoms with E-state index in [1.54, 1.807) is 24.3 Å². The average Bonchev–Trinajstić information content (AvgIpc) is 2.25. The lowest BCUT2D eigenvalue weighted by Crippen LogP contribution is -1.99. The highest BCUT2D eigenvalue weighted by atomic mass is 16.5. The van der Waals surface area contributed by atoms with Crippen molar-refractivity contribution >= 4 is 12.6 Å². The lowest BCUT2D eigenvalue weighted by atomic mass is 10.3. The van der Waals surface area contributed by atoms with E-state index in [0.29, 0.717) is 24.1 Å². The van der Waals surface area contributed by atoms with E-state index in [4.69, 9.17) is 9.47 Å².